The molecular formula is C18H22N2O2S. The molecule has 0 atom stereocenters. The van der Waals surface area contributed by atoms with Crippen LogP contribution in [0.25, 0.3) is 0 Å². The third-order valence-electron chi connectivity index (χ3n) is 2.82. The summed E-state index contributed by atoms with van der Waals surface area (Å²) in [7, 11) is -3.81. The Hall–Kier alpha value is -2.40. The zero-order valence-electron chi connectivity index (χ0n) is 13.7. The lowest BCUT2D eigenvalue weighted by atomic mass is 10.2. The van der Waals surface area contributed by atoms with Crippen molar-refractivity contribution in [1.29, 1.82) is 0 Å². The van der Waals surface area contributed by atoms with Gasteiger partial charge in [0, 0.05) is 5.70 Å². The topological polar surface area (TPSA) is 58.5 Å². The molecule has 0 saturated carbocycles. The van der Waals surface area contributed by atoms with Crippen LogP contribution in [-0.2, 0) is 10.0 Å². The molecule has 0 spiro atoms. The molecule has 0 heterocycles. The predicted octanol–water partition coefficient (Wildman–Crippen LogP) is 3.98. The van der Waals surface area contributed by atoms with Crippen LogP contribution >= 0.6 is 0 Å². The van der Waals surface area contributed by atoms with Gasteiger partial charge in [-0.05, 0) is 50.1 Å². The summed E-state index contributed by atoms with van der Waals surface area (Å²) in [5, 5.41) is 3.00. The van der Waals surface area contributed by atoms with Gasteiger partial charge >= 0.3 is 0 Å². The van der Waals surface area contributed by atoms with Gasteiger partial charge in [0.2, 0.25) is 0 Å². The number of sulfonamides is 1. The highest BCUT2D eigenvalue weighted by atomic mass is 32.2. The molecule has 0 saturated heterocycles. The van der Waals surface area contributed by atoms with Crippen LogP contribution in [0.5, 0.6) is 0 Å². The number of rotatable bonds is 6. The first kappa shape index (κ1) is 18.6. The molecule has 0 unspecified atom stereocenters. The van der Waals surface area contributed by atoms with Crippen molar-refractivity contribution in [3.05, 3.63) is 78.6 Å². The molecule has 0 aliphatic rings. The maximum absolute atomic E-state index is 12.4. The van der Waals surface area contributed by atoms with E-state index in [-0.39, 0.29) is 10.7 Å². The van der Waals surface area contributed by atoms with Crippen molar-refractivity contribution in [3.8, 4) is 0 Å². The molecule has 1 N–H and O–H groups in total. The molecule has 0 amide bonds. The van der Waals surface area contributed by atoms with Gasteiger partial charge in [0.15, 0.2) is 0 Å². The molecule has 0 radical (unpaired) electrons. The third-order valence-corrected chi connectivity index (χ3v) is 4.12. The van der Waals surface area contributed by atoms with Gasteiger partial charge in [-0.1, -0.05) is 43.5 Å². The van der Waals surface area contributed by atoms with Crippen molar-refractivity contribution >= 4 is 15.9 Å². The van der Waals surface area contributed by atoms with Crippen LogP contribution in [0.15, 0.2) is 87.9 Å². The van der Waals surface area contributed by atoms with Crippen LogP contribution in [-0.4, -0.2) is 14.3 Å². The number of amidine groups is 1. The van der Waals surface area contributed by atoms with Crippen molar-refractivity contribution in [3.63, 3.8) is 0 Å². The summed E-state index contributed by atoms with van der Waals surface area (Å²) >= 11 is 0. The van der Waals surface area contributed by atoms with E-state index in [1.807, 2.05) is 26.0 Å². The average molecular weight is 330 g/mol. The molecule has 0 aliphatic heterocycles. The second-order valence-corrected chi connectivity index (χ2v) is 6.62. The lowest BCUT2D eigenvalue weighted by Crippen LogP contribution is -2.25. The highest BCUT2D eigenvalue weighted by molar-refractivity contribution is 7.90. The SMILES string of the molecule is C=C(C)C(=NS(=O)(=O)c1ccccc1)N/C(=C/C=C\C)C(=C)C. The Morgan fingerprint density at radius 3 is 2.22 bits per heavy atom. The summed E-state index contributed by atoms with van der Waals surface area (Å²) in [5.41, 5.74) is 1.94. The molecule has 0 aliphatic carbocycles. The number of benzene rings is 1. The zero-order valence-corrected chi connectivity index (χ0v) is 14.5. The zero-order chi connectivity index (χ0) is 17.5. The van der Waals surface area contributed by atoms with E-state index in [1.54, 1.807) is 31.2 Å². The first-order chi connectivity index (χ1) is 10.8. The van der Waals surface area contributed by atoms with Gasteiger partial charge in [-0.25, -0.2) is 0 Å². The first-order valence-corrected chi connectivity index (χ1v) is 8.53. The van der Waals surface area contributed by atoms with Crippen molar-refractivity contribution in [2.45, 2.75) is 25.7 Å². The standard InChI is InChI=1S/C18H22N2O2S/c1-6-7-13-17(14(2)3)19-18(15(4)5)20-23(21,22)16-11-9-8-10-12-16/h6-13H,2,4H2,1,3,5H3,(H,19,20)/b7-6-,17-13+. The average Bonchev–Trinajstić information content (AvgIpc) is 2.50. The van der Waals surface area contributed by atoms with E-state index in [1.165, 1.54) is 12.1 Å². The highest BCUT2D eigenvalue weighted by Gasteiger charge is 2.15. The van der Waals surface area contributed by atoms with Crippen LogP contribution < -0.4 is 5.32 Å². The molecule has 1 aromatic carbocycles. The normalized spacial score (nSPS) is 13.2. The third kappa shape index (κ3) is 5.71. The maximum Gasteiger partial charge on any atom is 0.284 e. The van der Waals surface area contributed by atoms with E-state index in [9.17, 15) is 8.42 Å². The number of hydrogen-bond acceptors (Lipinski definition) is 2. The van der Waals surface area contributed by atoms with Crippen LogP contribution in [0.2, 0.25) is 0 Å². The molecule has 0 fully saturated rings. The summed E-state index contributed by atoms with van der Waals surface area (Å²) in [6, 6.07) is 8.07. The van der Waals surface area contributed by atoms with Gasteiger partial charge in [0.25, 0.3) is 10.0 Å². The molecule has 23 heavy (non-hydrogen) atoms. The minimum absolute atomic E-state index is 0.134. The maximum atomic E-state index is 12.4. The fraction of sp³-hybridized carbons (Fsp3) is 0.167. The van der Waals surface area contributed by atoms with Gasteiger partial charge in [0.05, 0.1) is 4.90 Å². The summed E-state index contributed by atoms with van der Waals surface area (Å²) in [4.78, 5) is 0.134. The molecule has 0 aromatic heterocycles. The van der Waals surface area contributed by atoms with E-state index in [4.69, 9.17) is 0 Å². The summed E-state index contributed by atoms with van der Waals surface area (Å²) in [6.45, 7) is 13.1. The summed E-state index contributed by atoms with van der Waals surface area (Å²) in [6.07, 6.45) is 5.50. The first-order valence-electron chi connectivity index (χ1n) is 7.09. The Kier molecular flexibility index (Phi) is 6.72. The lowest BCUT2D eigenvalue weighted by Gasteiger charge is -2.13. The second kappa shape index (κ2) is 8.29. The Morgan fingerprint density at radius 1 is 1.13 bits per heavy atom. The largest absolute Gasteiger partial charge is 0.339 e. The molecule has 1 rings (SSSR count). The van der Waals surface area contributed by atoms with E-state index >= 15 is 0 Å². The van der Waals surface area contributed by atoms with Gasteiger partial charge in [-0.3, -0.25) is 0 Å². The molecule has 122 valence electrons. The quantitative estimate of drug-likeness (QED) is 0.488. The van der Waals surface area contributed by atoms with Crippen molar-refractivity contribution in [2.75, 3.05) is 0 Å². The van der Waals surface area contributed by atoms with Crippen molar-refractivity contribution in [2.24, 2.45) is 4.40 Å². The van der Waals surface area contributed by atoms with E-state index in [0.717, 1.165) is 5.57 Å². The fourth-order valence-electron chi connectivity index (χ4n) is 1.58. The van der Waals surface area contributed by atoms with E-state index in [2.05, 4.69) is 22.9 Å². The number of allylic oxidation sites excluding steroid dienone is 4. The van der Waals surface area contributed by atoms with Crippen LogP contribution in [0, 0.1) is 0 Å². The molecule has 1 aromatic rings. The Balaban J connectivity index is 3.26. The molecule has 4 nitrogen and oxygen atoms in total. The summed E-state index contributed by atoms with van der Waals surface area (Å²) in [5.74, 6) is 0.188. The second-order valence-electron chi connectivity index (χ2n) is 5.02. The highest BCUT2D eigenvalue weighted by Crippen LogP contribution is 2.13. The Bertz CT molecular complexity index is 770. The summed E-state index contributed by atoms with van der Waals surface area (Å²) < 4.78 is 28.7. The Morgan fingerprint density at radius 2 is 1.74 bits per heavy atom. The van der Waals surface area contributed by atoms with Gasteiger partial charge in [-0.15, -0.1) is 4.40 Å². The number of nitrogens with zero attached hydrogens (tertiary/aromatic N) is 1. The number of hydrogen-bond donors (Lipinski definition) is 1. The van der Waals surface area contributed by atoms with Crippen molar-refractivity contribution in [1.82, 2.24) is 5.32 Å². The minimum atomic E-state index is -3.81. The van der Waals surface area contributed by atoms with E-state index < -0.39 is 10.0 Å². The predicted molar refractivity (Wildman–Crippen MR) is 96.7 cm³/mol. The lowest BCUT2D eigenvalue weighted by molar-refractivity contribution is 0.598. The van der Waals surface area contributed by atoms with Crippen LogP contribution in [0.1, 0.15) is 20.8 Å². The van der Waals surface area contributed by atoms with E-state index in [0.29, 0.717) is 11.3 Å². The fourth-order valence-corrected chi connectivity index (χ4v) is 2.63. The van der Waals surface area contributed by atoms with Crippen LogP contribution in [0.3, 0.4) is 0 Å². The van der Waals surface area contributed by atoms with Crippen molar-refractivity contribution < 1.29 is 8.42 Å². The number of nitrogens with one attached hydrogen (secondary N) is 1. The molecular weight excluding hydrogens is 308 g/mol. The van der Waals surface area contributed by atoms with Gasteiger partial charge < -0.3 is 5.32 Å². The smallest absolute Gasteiger partial charge is 0.284 e. The van der Waals surface area contributed by atoms with Gasteiger partial charge in [-0.2, -0.15) is 8.42 Å². The van der Waals surface area contributed by atoms with Crippen LogP contribution in [0.4, 0.5) is 0 Å². The van der Waals surface area contributed by atoms with Gasteiger partial charge in [0.1, 0.15) is 5.84 Å². The molecule has 0 bridgehead atoms. The Labute approximate surface area is 138 Å². The molecule has 5 heteroatoms. The monoisotopic (exact) mass is 330 g/mol. The minimum Gasteiger partial charge on any atom is -0.339 e.